The maximum atomic E-state index is 10.6. The highest BCUT2D eigenvalue weighted by Crippen LogP contribution is 2.04. The minimum absolute atomic E-state index is 0.118. The lowest BCUT2D eigenvalue weighted by molar-refractivity contribution is -0.142. The zero-order chi connectivity index (χ0) is 8.69. The highest BCUT2D eigenvalue weighted by atomic mass is 127. The molecule has 1 N–H and O–H groups in total. The topological polar surface area (TPSA) is 46.5 Å². The molecule has 0 rings (SSSR count). The molecule has 0 fully saturated rings. The molecule has 1 atom stereocenters. The molecule has 0 aliphatic heterocycles. The molecule has 11 heavy (non-hydrogen) atoms. The number of halogens is 1. The van der Waals surface area contributed by atoms with E-state index in [0.717, 1.165) is 10.8 Å². The summed E-state index contributed by atoms with van der Waals surface area (Å²) in [5, 5.41) is 9.18. The molecule has 0 aromatic heterocycles. The van der Waals surface area contributed by atoms with Gasteiger partial charge in [0.25, 0.3) is 0 Å². The largest absolute Gasteiger partial charge is 0.469 e. The van der Waals surface area contributed by atoms with E-state index in [2.05, 4.69) is 27.3 Å². The second-order valence-corrected chi connectivity index (χ2v) is 3.34. The van der Waals surface area contributed by atoms with Crippen molar-refractivity contribution in [3.05, 3.63) is 0 Å². The number of aliphatic hydroxyl groups is 1. The Bertz CT molecular complexity index is 116. The molecule has 0 heterocycles. The van der Waals surface area contributed by atoms with Crippen LogP contribution in [-0.4, -0.2) is 28.7 Å². The van der Waals surface area contributed by atoms with Gasteiger partial charge >= 0.3 is 5.97 Å². The van der Waals surface area contributed by atoms with E-state index in [-0.39, 0.29) is 12.4 Å². The van der Waals surface area contributed by atoms with Crippen molar-refractivity contribution in [2.45, 2.75) is 25.4 Å². The molecule has 1 unspecified atom stereocenters. The van der Waals surface area contributed by atoms with Crippen LogP contribution >= 0.6 is 22.6 Å². The summed E-state index contributed by atoms with van der Waals surface area (Å²) < 4.78 is 5.41. The molecular formula is C7H13IO3. The van der Waals surface area contributed by atoms with Crippen molar-refractivity contribution in [2.75, 3.05) is 11.5 Å². The van der Waals surface area contributed by atoms with Gasteiger partial charge in [0.15, 0.2) is 0 Å². The Morgan fingerprint density at radius 1 is 1.73 bits per heavy atom. The van der Waals surface area contributed by atoms with Gasteiger partial charge in [-0.05, 0) is 17.3 Å². The first-order valence-electron chi connectivity index (χ1n) is 3.51. The maximum absolute atomic E-state index is 10.6. The molecule has 0 aromatic rings. The molecule has 0 bridgehead atoms. The summed E-state index contributed by atoms with van der Waals surface area (Å²) in [5.74, 6) is -0.342. The van der Waals surface area contributed by atoms with E-state index in [1.54, 1.807) is 0 Å². The van der Waals surface area contributed by atoms with Crippen molar-refractivity contribution in [1.82, 2.24) is 0 Å². The van der Waals surface area contributed by atoms with Gasteiger partial charge in [-0.15, -0.1) is 0 Å². The normalized spacial score (nSPS) is 12.6. The monoisotopic (exact) mass is 272 g/mol. The molecule has 4 heteroatoms. The number of ether oxygens (including phenoxy) is 1. The summed E-state index contributed by atoms with van der Waals surface area (Å²) in [5.41, 5.74) is 0. The molecule has 0 aliphatic carbocycles. The quantitative estimate of drug-likeness (QED) is 0.463. The van der Waals surface area contributed by atoms with Crippen LogP contribution in [0.2, 0.25) is 0 Å². The maximum Gasteiger partial charge on any atom is 0.308 e. The van der Waals surface area contributed by atoms with Gasteiger partial charge in [0.1, 0.15) is 0 Å². The molecule has 0 radical (unpaired) electrons. The highest BCUT2D eigenvalue weighted by Gasteiger charge is 2.09. The molecule has 0 amide bonds. The van der Waals surface area contributed by atoms with Crippen LogP contribution in [0.1, 0.15) is 19.3 Å². The first-order chi connectivity index (χ1) is 5.20. The minimum Gasteiger partial charge on any atom is -0.469 e. The third kappa shape index (κ3) is 6.55. The first-order valence-corrected chi connectivity index (χ1v) is 5.04. The Hall–Kier alpha value is 0.160. The molecule has 0 aliphatic rings. The molecule has 0 saturated carbocycles. The van der Waals surface area contributed by atoms with Crippen LogP contribution in [0.15, 0.2) is 0 Å². The minimum atomic E-state index is -0.530. The summed E-state index contributed by atoms with van der Waals surface area (Å²) >= 11 is 2.24. The third-order valence-electron chi connectivity index (χ3n) is 1.30. The average Bonchev–Trinajstić information content (AvgIpc) is 2.00. The molecule has 66 valence electrons. The Morgan fingerprint density at radius 3 is 2.82 bits per heavy atom. The third-order valence-corrected chi connectivity index (χ3v) is 2.06. The van der Waals surface area contributed by atoms with Crippen LogP contribution in [0, 0.1) is 0 Å². The number of methoxy groups -OCH3 is 1. The van der Waals surface area contributed by atoms with Gasteiger partial charge in [-0.3, -0.25) is 4.79 Å². The lowest BCUT2D eigenvalue weighted by atomic mass is 10.1. The Morgan fingerprint density at radius 2 is 2.36 bits per heavy atom. The summed E-state index contributed by atoms with van der Waals surface area (Å²) in [6, 6.07) is 0. The molecule has 0 spiro atoms. The van der Waals surface area contributed by atoms with Gasteiger partial charge in [0.2, 0.25) is 0 Å². The van der Waals surface area contributed by atoms with Crippen LogP contribution in [0.3, 0.4) is 0 Å². The van der Waals surface area contributed by atoms with E-state index in [9.17, 15) is 9.90 Å². The van der Waals surface area contributed by atoms with Gasteiger partial charge in [0.05, 0.1) is 19.6 Å². The number of carbonyl (C=O) groups is 1. The standard InChI is InChI=1S/C7H13IO3/c1-11-7(10)5-6(9)3-2-4-8/h6,9H,2-5H2,1H3. The van der Waals surface area contributed by atoms with Crippen molar-refractivity contribution >= 4 is 28.6 Å². The predicted molar refractivity (Wildman–Crippen MR) is 50.8 cm³/mol. The van der Waals surface area contributed by atoms with E-state index >= 15 is 0 Å². The van der Waals surface area contributed by atoms with Gasteiger partial charge in [0, 0.05) is 0 Å². The second-order valence-electron chi connectivity index (χ2n) is 2.27. The van der Waals surface area contributed by atoms with Crippen molar-refractivity contribution in [3.63, 3.8) is 0 Å². The Kier molecular flexibility index (Phi) is 6.94. The van der Waals surface area contributed by atoms with Crippen molar-refractivity contribution in [2.24, 2.45) is 0 Å². The summed E-state index contributed by atoms with van der Waals surface area (Å²) in [6.45, 7) is 0. The summed E-state index contributed by atoms with van der Waals surface area (Å²) in [6.07, 6.45) is 1.21. The van der Waals surface area contributed by atoms with Crippen LogP contribution in [0.5, 0.6) is 0 Å². The SMILES string of the molecule is COC(=O)CC(O)CCCI. The molecule has 0 aromatic carbocycles. The van der Waals surface area contributed by atoms with Gasteiger partial charge in [-0.25, -0.2) is 0 Å². The van der Waals surface area contributed by atoms with Crippen molar-refractivity contribution in [1.29, 1.82) is 0 Å². The highest BCUT2D eigenvalue weighted by molar-refractivity contribution is 14.1. The van der Waals surface area contributed by atoms with E-state index in [0.29, 0.717) is 6.42 Å². The van der Waals surface area contributed by atoms with Crippen LogP contribution in [-0.2, 0) is 9.53 Å². The van der Waals surface area contributed by atoms with E-state index in [4.69, 9.17) is 0 Å². The van der Waals surface area contributed by atoms with Crippen molar-refractivity contribution in [3.8, 4) is 0 Å². The fraction of sp³-hybridized carbons (Fsp3) is 0.857. The fourth-order valence-electron chi connectivity index (χ4n) is 0.691. The first kappa shape index (κ1) is 11.2. The molecular weight excluding hydrogens is 259 g/mol. The Balaban J connectivity index is 3.35. The number of esters is 1. The Labute approximate surface area is 80.3 Å². The smallest absolute Gasteiger partial charge is 0.308 e. The average molecular weight is 272 g/mol. The van der Waals surface area contributed by atoms with E-state index in [1.165, 1.54) is 7.11 Å². The number of hydrogen-bond acceptors (Lipinski definition) is 3. The number of aliphatic hydroxyl groups excluding tert-OH is 1. The van der Waals surface area contributed by atoms with E-state index in [1.807, 2.05) is 0 Å². The fourth-order valence-corrected chi connectivity index (χ4v) is 1.13. The number of hydrogen-bond donors (Lipinski definition) is 1. The van der Waals surface area contributed by atoms with Gasteiger partial charge < -0.3 is 9.84 Å². The summed E-state index contributed by atoms with van der Waals surface area (Å²) in [4.78, 5) is 10.6. The second kappa shape index (κ2) is 6.84. The van der Waals surface area contributed by atoms with Gasteiger partial charge in [-0.2, -0.15) is 0 Å². The van der Waals surface area contributed by atoms with E-state index < -0.39 is 6.10 Å². The summed E-state index contributed by atoms with van der Waals surface area (Å²) in [7, 11) is 1.33. The number of alkyl halides is 1. The van der Waals surface area contributed by atoms with Gasteiger partial charge in [-0.1, -0.05) is 22.6 Å². The lowest BCUT2D eigenvalue weighted by Crippen LogP contribution is -2.14. The number of carbonyl (C=O) groups excluding carboxylic acids is 1. The van der Waals surface area contributed by atoms with Crippen LogP contribution in [0.25, 0.3) is 0 Å². The predicted octanol–water partition coefficient (Wildman–Crippen LogP) is 1.13. The van der Waals surface area contributed by atoms with Crippen LogP contribution in [0.4, 0.5) is 0 Å². The van der Waals surface area contributed by atoms with Crippen molar-refractivity contribution < 1.29 is 14.6 Å². The zero-order valence-corrected chi connectivity index (χ0v) is 8.70. The molecule has 3 nitrogen and oxygen atoms in total. The van der Waals surface area contributed by atoms with Crippen LogP contribution < -0.4 is 0 Å². The lowest BCUT2D eigenvalue weighted by Gasteiger charge is -2.06. The zero-order valence-electron chi connectivity index (χ0n) is 6.55. The molecule has 0 saturated heterocycles. The number of rotatable bonds is 5.